The predicted molar refractivity (Wildman–Crippen MR) is 83.1 cm³/mol. The third-order valence-corrected chi connectivity index (χ3v) is 4.39. The Labute approximate surface area is 133 Å². The zero-order valence-electron chi connectivity index (χ0n) is 11.9. The highest BCUT2D eigenvalue weighted by Crippen LogP contribution is 2.39. The maximum absolute atomic E-state index is 12.1. The van der Waals surface area contributed by atoms with Gasteiger partial charge in [-0.1, -0.05) is 16.8 Å². The lowest BCUT2D eigenvalue weighted by Gasteiger charge is -2.38. The zero-order chi connectivity index (χ0) is 15.1. The van der Waals surface area contributed by atoms with Gasteiger partial charge in [0, 0.05) is 35.9 Å². The summed E-state index contributed by atoms with van der Waals surface area (Å²) >= 11 is 5.83. The van der Waals surface area contributed by atoms with E-state index in [0.29, 0.717) is 24.0 Å². The second-order valence-corrected chi connectivity index (χ2v) is 6.33. The molecule has 7 heteroatoms. The number of amides is 2. The molecule has 1 aliphatic heterocycles. The van der Waals surface area contributed by atoms with Gasteiger partial charge in [0.1, 0.15) is 0 Å². The number of aromatic nitrogens is 3. The van der Waals surface area contributed by atoms with Crippen LogP contribution in [0.25, 0.3) is 0 Å². The molecule has 1 saturated heterocycles. The van der Waals surface area contributed by atoms with Crippen LogP contribution in [0.5, 0.6) is 0 Å². The Bertz CT molecular complexity index is 688. The molecule has 6 nitrogen and oxygen atoms in total. The first kappa shape index (κ1) is 13.6. The average Bonchev–Trinajstić information content (AvgIpc) is 3.20. The molecule has 0 bridgehead atoms. The molecule has 0 unspecified atom stereocenters. The van der Waals surface area contributed by atoms with Crippen LogP contribution in [-0.4, -0.2) is 39.0 Å². The highest BCUT2D eigenvalue weighted by molar-refractivity contribution is 6.30. The van der Waals surface area contributed by atoms with Gasteiger partial charge in [-0.15, -0.1) is 5.10 Å². The van der Waals surface area contributed by atoms with Gasteiger partial charge >= 0.3 is 6.03 Å². The van der Waals surface area contributed by atoms with E-state index < -0.39 is 0 Å². The van der Waals surface area contributed by atoms with Crippen molar-refractivity contribution in [3.8, 4) is 0 Å². The SMILES string of the molecule is O=C(Nc1ccc(Cl)cc1)N1CC(n2cc(C3CC3)nn2)C1. The van der Waals surface area contributed by atoms with Gasteiger partial charge in [-0.2, -0.15) is 0 Å². The summed E-state index contributed by atoms with van der Waals surface area (Å²) in [6.07, 6.45) is 4.47. The van der Waals surface area contributed by atoms with Crippen molar-refractivity contribution in [2.45, 2.75) is 24.8 Å². The molecule has 0 spiro atoms. The van der Waals surface area contributed by atoms with Crippen LogP contribution in [0.4, 0.5) is 10.5 Å². The fourth-order valence-corrected chi connectivity index (χ4v) is 2.69. The molecule has 2 aliphatic rings. The van der Waals surface area contributed by atoms with Crippen molar-refractivity contribution in [3.05, 3.63) is 41.2 Å². The lowest BCUT2D eigenvalue weighted by molar-refractivity contribution is 0.127. The molecule has 0 radical (unpaired) electrons. The van der Waals surface area contributed by atoms with Gasteiger partial charge in [0.25, 0.3) is 0 Å². The summed E-state index contributed by atoms with van der Waals surface area (Å²) in [5.74, 6) is 0.609. The molecule has 0 atom stereocenters. The largest absolute Gasteiger partial charge is 0.321 e. The number of anilines is 1. The normalized spacial score (nSPS) is 18.1. The summed E-state index contributed by atoms with van der Waals surface area (Å²) in [7, 11) is 0. The first-order valence-corrected chi connectivity index (χ1v) is 7.80. The lowest BCUT2D eigenvalue weighted by atomic mass is 10.1. The monoisotopic (exact) mass is 317 g/mol. The van der Waals surface area contributed by atoms with Gasteiger partial charge < -0.3 is 10.2 Å². The van der Waals surface area contributed by atoms with E-state index in [-0.39, 0.29) is 12.1 Å². The van der Waals surface area contributed by atoms with Crippen molar-refractivity contribution in [1.29, 1.82) is 0 Å². The van der Waals surface area contributed by atoms with Crippen LogP contribution >= 0.6 is 11.6 Å². The van der Waals surface area contributed by atoms with Gasteiger partial charge in [-0.25, -0.2) is 9.48 Å². The van der Waals surface area contributed by atoms with E-state index in [0.717, 1.165) is 11.4 Å². The maximum atomic E-state index is 12.1. The maximum Gasteiger partial charge on any atom is 0.321 e. The van der Waals surface area contributed by atoms with Crippen LogP contribution < -0.4 is 5.32 Å². The summed E-state index contributed by atoms with van der Waals surface area (Å²) < 4.78 is 1.89. The molecule has 2 amide bonds. The van der Waals surface area contributed by atoms with Crippen molar-refractivity contribution in [3.63, 3.8) is 0 Å². The van der Waals surface area contributed by atoms with E-state index in [9.17, 15) is 4.79 Å². The fraction of sp³-hybridized carbons (Fsp3) is 0.400. The molecule has 4 rings (SSSR count). The van der Waals surface area contributed by atoms with Crippen LogP contribution in [0.3, 0.4) is 0 Å². The topological polar surface area (TPSA) is 63.1 Å². The van der Waals surface area contributed by atoms with Crippen LogP contribution in [-0.2, 0) is 0 Å². The molecular weight excluding hydrogens is 302 g/mol. The second-order valence-electron chi connectivity index (χ2n) is 5.89. The van der Waals surface area contributed by atoms with Crippen molar-refractivity contribution in [2.24, 2.45) is 0 Å². The first-order chi connectivity index (χ1) is 10.7. The van der Waals surface area contributed by atoms with Crippen molar-refractivity contribution in [1.82, 2.24) is 19.9 Å². The highest BCUT2D eigenvalue weighted by Gasteiger charge is 2.34. The number of nitrogens with one attached hydrogen (secondary N) is 1. The van der Waals surface area contributed by atoms with Gasteiger partial charge in [0.15, 0.2) is 0 Å². The predicted octanol–water partition coefficient (Wildman–Crippen LogP) is 2.90. The van der Waals surface area contributed by atoms with E-state index in [1.807, 2.05) is 10.9 Å². The van der Waals surface area contributed by atoms with E-state index in [1.54, 1.807) is 29.2 Å². The summed E-state index contributed by atoms with van der Waals surface area (Å²) in [4.78, 5) is 13.9. The molecule has 2 heterocycles. The second kappa shape index (κ2) is 5.28. The molecule has 22 heavy (non-hydrogen) atoms. The number of hydrogen-bond acceptors (Lipinski definition) is 3. The summed E-state index contributed by atoms with van der Waals surface area (Å²) in [6, 6.07) is 7.22. The van der Waals surface area contributed by atoms with E-state index >= 15 is 0 Å². The number of rotatable bonds is 3. The fourth-order valence-electron chi connectivity index (χ4n) is 2.56. The van der Waals surface area contributed by atoms with Crippen LogP contribution in [0.2, 0.25) is 5.02 Å². The molecular formula is C15H16ClN5O. The van der Waals surface area contributed by atoms with Crippen molar-refractivity contribution < 1.29 is 4.79 Å². The number of urea groups is 1. The number of likely N-dealkylation sites (tertiary alicyclic amines) is 1. The summed E-state index contributed by atoms with van der Waals surface area (Å²) in [6.45, 7) is 1.32. The minimum Gasteiger partial charge on any atom is -0.320 e. The Morgan fingerprint density at radius 2 is 1.95 bits per heavy atom. The standard InChI is InChI=1S/C15H16ClN5O/c16-11-3-5-12(6-4-11)17-15(22)20-7-13(8-20)21-9-14(18-19-21)10-1-2-10/h3-6,9-10,13H,1-2,7-8H2,(H,17,22). The smallest absolute Gasteiger partial charge is 0.320 e. The quantitative estimate of drug-likeness (QED) is 0.946. The van der Waals surface area contributed by atoms with Gasteiger partial charge in [0.2, 0.25) is 0 Å². The Kier molecular flexibility index (Phi) is 3.26. The van der Waals surface area contributed by atoms with Gasteiger partial charge in [-0.3, -0.25) is 0 Å². The third kappa shape index (κ3) is 2.66. The molecule has 1 aromatic heterocycles. The first-order valence-electron chi connectivity index (χ1n) is 7.42. The van der Waals surface area contributed by atoms with Gasteiger partial charge in [0.05, 0.1) is 11.7 Å². The van der Waals surface area contributed by atoms with Crippen LogP contribution in [0, 0.1) is 0 Å². The number of hydrogen-bond donors (Lipinski definition) is 1. The number of carbonyl (C=O) groups is 1. The molecule has 114 valence electrons. The lowest BCUT2D eigenvalue weighted by Crippen LogP contribution is -2.52. The Balaban J connectivity index is 1.32. The van der Waals surface area contributed by atoms with E-state index in [4.69, 9.17) is 11.6 Å². The molecule has 1 N–H and O–H groups in total. The average molecular weight is 318 g/mol. The van der Waals surface area contributed by atoms with Crippen LogP contribution in [0.15, 0.2) is 30.5 Å². The Morgan fingerprint density at radius 1 is 1.23 bits per heavy atom. The number of carbonyl (C=O) groups excluding carboxylic acids is 1. The summed E-state index contributed by atoms with van der Waals surface area (Å²) in [5, 5.41) is 11.9. The minimum absolute atomic E-state index is 0.0962. The zero-order valence-corrected chi connectivity index (χ0v) is 12.7. The molecule has 1 saturated carbocycles. The molecule has 2 aromatic rings. The molecule has 1 aromatic carbocycles. The van der Waals surface area contributed by atoms with Gasteiger partial charge in [-0.05, 0) is 37.1 Å². The summed E-state index contributed by atoms with van der Waals surface area (Å²) in [5.41, 5.74) is 1.83. The number of halogens is 1. The number of nitrogens with zero attached hydrogens (tertiary/aromatic N) is 4. The number of benzene rings is 1. The van der Waals surface area contributed by atoms with Crippen molar-refractivity contribution >= 4 is 23.3 Å². The molecule has 1 aliphatic carbocycles. The Morgan fingerprint density at radius 3 is 2.64 bits per heavy atom. The van der Waals surface area contributed by atoms with Crippen molar-refractivity contribution in [2.75, 3.05) is 18.4 Å². The van der Waals surface area contributed by atoms with E-state index in [2.05, 4.69) is 15.6 Å². The molecule has 2 fully saturated rings. The van der Waals surface area contributed by atoms with Crippen LogP contribution in [0.1, 0.15) is 30.5 Å². The Hall–Kier alpha value is -2.08. The minimum atomic E-state index is -0.0962. The highest BCUT2D eigenvalue weighted by atomic mass is 35.5. The third-order valence-electron chi connectivity index (χ3n) is 4.14. The van der Waals surface area contributed by atoms with E-state index in [1.165, 1.54) is 12.8 Å².